The van der Waals surface area contributed by atoms with Crippen molar-refractivity contribution in [3.63, 3.8) is 0 Å². The standard InChI is InChI=1S/C21H14BrNO3/c22-16-8-5-14(6-9-16)20-19-17-4-2-1-3-13(17)7-10-18(19)26-21(23-20)15(11-24)12-25/h1-12,20,23H. The molecule has 1 N–H and O–H groups in total. The highest BCUT2D eigenvalue weighted by molar-refractivity contribution is 9.10. The Morgan fingerprint density at radius 2 is 1.69 bits per heavy atom. The fourth-order valence-corrected chi connectivity index (χ4v) is 3.45. The Balaban J connectivity index is 1.98. The van der Waals surface area contributed by atoms with Crippen molar-refractivity contribution in [3.05, 3.63) is 87.7 Å². The van der Waals surface area contributed by atoms with Gasteiger partial charge in [-0.25, -0.2) is 0 Å². The molecular formula is C21H14BrNO3. The van der Waals surface area contributed by atoms with E-state index in [9.17, 15) is 9.59 Å². The van der Waals surface area contributed by atoms with Crippen LogP contribution in [0, 0.1) is 0 Å². The molecule has 1 heterocycles. The Hall–Kier alpha value is -2.92. The van der Waals surface area contributed by atoms with Crippen LogP contribution in [0.15, 0.2) is 76.6 Å². The summed E-state index contributed by atoms with van der Waals surface area (Å²) in [6.07, 6.45) is 1.00. The van der Waals surface area contributed by atoms with Crippen molar-refractivity contribution < 1.29 is 14.3 Å². The number of benzene rings is 3. The van der Waals surface area contributed by atoms with Gasteiger partial charge in [0.15, 0.2) is 12.6 Å². The molecule has 0 radical (unpaired) electrons. The van der Waals surface area contributed by atoms with Gasteiger partial charge in [-0.3, -0.25) is 9.59 Å². The summed E-state index contributed by atoms with van der Waals surface area (Å²) >= 11 is 3.45. The SMILES string of the molecule is O=CC(C=O)=C1NC(c2ccc(Br)cc2)c2c(ccc3ccccc23)O1. The Morgan fingerprint density at radius 1 is 0.962 bits per heavy atom. The van der Waals surface area contributed by atoms with E-state index in [-0.39, 0.29) is 17.5 Å². The largest absolute Gasteiger partial charge is 0.440 e. The quantitative estimate of drug-likeness (QED) is 0.304. The summed E-state index contributed by atoms with van der Waals surface area (Å²) in [7, 11) is 0. The Morgan fingerprint density at radius 3 is 2.42 bits per heavy atom. The van der Waals surface area contributed by atoms with Gasteiger partial charge in [0.05, 0.1) is 6.04 Å². The number of hydrogen-bond acceptors (Lipinski definition) is 4. The number of hydrogen-bond donors (Lipinski definition) is 1. The second-order valence-corrected chi connectivity index (χ2v) is 6.87. The maximum atomic E-state index is 11.2. The first-order valence-corrected chi connectivity index (χ1v) is 8.86. The van der Waals surface area contributed by atoms with E-state index in [0.29, 0.717) is 18.3 Å². The van der Waals surface area contributed by atoms with Crippen LogP contribution in [0.25, 0.3) is 10.8 Å². The third-order valence-corrected chi connectivity index (χ3v) is 4.95. The molecule has 5 heteroatoms. The minimum atomic E-state index is -0.247. The van der Waals surface area contributed by atoms with Crippen molar-refractivity contribution in [2.45, 2.75) is 6.04 Å². The van der Waals surface area contributed by atoms with Crippen molar-refractivity contribution in [2.24, 2.45) is 0 Å². The van der Waals surface area contributed by atoms with E-state index in [1.54, 1.807) is 0 Å². The first-order valence-electron chi connectivity index (χ1n) is 8.07. The van der Waals surface area contributed by atoms with Crippen LogP contribution >= 0.6 is 15.9 Å². The molecule has 3 aromatic carbocycles. The predicted octanol–water partition coefficient (Wildman–Crippen LogP) is 4.28. The van der Waals surface area contributed by atoms with Crippen LogP contribution in [0.1, 0.15) is 17.2 Å². The highest BCUT2D eigenvalue weighted by Gasteiger charge is 2.29. The molecule has 0 saturated carbocycles. The van der Waals surface area contributed by atoms with Gasteiger partial charge in [0, 0.05) is 10.0 Å². The average molecular weight is 408 g/mol. The van der Waals surface area contributed by atoms with Gasteiger partial charge in [0.1, 0.15) is 11.3 Å². The van der Waals surface area contributed by atoms with E-state index < -0.39 is 0 Å². The van der Waals surface area contributed by atoms with Crippen LogP contribution < -0.4 is 10.1 Å². The molecule has 0 aliphatic carbocycles. The molecule has 1 atom stereocenters. The summed E-state index contributed by atoms with van der Waals surface area (Å²) in [5.74, 6) is 0.803. The lowest BCUT2D eigenvalue weighted by molar-refractivity contribution is -0.110. The molecule has 3 aromatic rings. The van der Waals surface area contributed by atoms with Gasteiger partial charge < -0.3 is 10.1 Å². The molecule has 1 aliphatic rings. The summed E-state index contributed by atoms with van der Waals surface area (Å²) < 4.78 is 6.83. The first kappa shape index (κ1) is 16.5. The molecule has 4 nitrogen and oxygen atoms in total. The molecule has 0 saturated heterocycles. The highest BCUT2D eigenvalue weighted by atomic mass is 79.9. The van der Waals surface area contributed by atoms with Crippen molar-refractivity contribution in [3.8, 4) is 5.75 Å². The number of fused-ring (bicyclic) bond motifs is 3. The monoisotopic (exact) mass is 407 g/mol. The summed E-state index contributed by atoms with van der Waals surface area (Å²) in [5, 5.41) is 5.37. The lowest BCUT2D eigenvalue weighted by Gasteiger charge is -2.31. The van der Waals surface area contributed by atoms with Crippen LogP contribution in [0.3, 0.4) is 0 Å². The number of carbonyl (C=O) groups is 2. The fraction of sp³-hybridized carbons (Fsp3) is 0.0476. The Kier molecular flexibility index (Phi) is 4.31. The molecule has 1 aliphatic heterocycles. The molecule has 0 amide bonds. The number of nitrogens with one attached hydrogen (secondary N) is 1. The maximum Gasteiger partial charge on any atom is 0.208 e. The second-order valence-electron chi connectivity index (χ2n) is 5.95. The van der Waals surface area contributed by atoms with Gasteiger partial charge in [0.2, 0.25) is 5.88 Å². The van der Waals surface area contributed by atoms with Crippen molar-refractivity contribution >= 4 is 39.3 Å². The molecule has 0 bridgehead atoms. The highest BCUT2D eigenvalue weighted by Crippen LogP contribution is 2.41. The van der Waals surface area contributed by atoms with E-state index in [1.165, 1.54) is 0 Å². The third kappa shape index (κ3) is 2.80. The summed E-state index contributed by atoms with van der Waals surface area (Å²) in [5.41, 5.74) is 1.93. The van der Waals surface area contributed by atoms with E-state index in [2.05, 4.69) is 21.2 Å². The fourth-order valence-electron chi connectivity index (χ4n) is 3.19. The van der Waals surface area contributed by atoms with E-state index >= 15 is 0 Å². The minimum Gasteiger partial charge on any atom is -0.440 e. The number of allylic oxidation sites excluding steroid dienone is 1. The van der Waals surface area contributed by atoms with Crippen LogP contribution in [-0.4, -0.2) is 12.6 Å². The van der Waals surface area contributed by atoms with Gasteiger partial charge in [-0.05, 0) is 34.5 Å². The number of ether oxygens (including phenoxy) is 1. The van der Waals surface area contributed by atoms with E-state index in [0.717, 1.165) is 26.4 Å². The third-order valence-electron chi connectivity index (χ3n) is 4.43. The van der Waals surface area contributed by atoms with Gasteiger partial charge in [-0.2, -0.15) is 0 Å². The van der Waals surface area contributed by atoms with E-state index in [4.69, 9.17) is 4.74 Å². The van der Waals surface area contributed by atoms with Gasteiger partial charge in [-0.1, -0.05) is 58.4 Å². The molecule has 0 aromatic heterocycles. The smallest absolute Gasteiger partial charge is 0.208 e. The predicted molar refractivity (Wildman–Crippen MR) is 103 cm³/mol. The zero-order valence-corrected chi connectivity index (χ0v) is 15.2. The van der Waals surface area contributed by atoms with Gasteiger partial charge in [-0.15, -0.1) is 0 Å². The molecule has 128 valence electrons. The van der Waals surface area contributed by atoms with Crippen molar-refractivity contribution in [1.29, 1.82) is 0 Å². The Bertz CT molecular complexity index is 1030. The topological polar surface area (TPSA) is 55.4 Å². The van der Waals surface area contributed by atoms with Crippen LogP contribution in [-0.2, 0) is 9.59 Å². The van der Waals surface area contributed by atoms with Gasteiger partial charge >= 0.3 is 0 Å². The molecule has 4 rings (SSSR count). The number of aldehydes is 2. The molecule has 26 heavy (non-hydrogen) atoms. The number of carbonyl (C=O) groups excluding carboxylic acids is 2. The summed E-state index contributed by atoms with van der Waals surface area (Å²) in [6.45, 7) is 0. The normalized spacial score (nSPS) is 15.6. The molecule has 0 spiro atoms. The lowest BCUT2D eigenvalue weighted by Crippen LogP contribution is -2.32. The minimum absolute atomic E-state index is 0.0501. The van der Waals surface area contributed by atoms with E-state index in [1.807, 2.05) is 60.7 Å². The zero-order chi connectivity index (χ0) is 18.1. The van der Waals surface area contributed by atoms with Gasteiger partial charge in [0.25, 0.3) is 0 Å². The maximum absolute atomic E-state index is 11.2. The van der Waals surface area contributed by atoms with Crippen molar-refractivity contribution in [1.82, 2.24) is 5.32 Å². The average Bonchev–Trinajstić information content (AvgIpc) is 2.69. The molecular weight excluding hydrogens is 394 g/mol. The first-order chi connectivity index (χ1) is 12.7. The second kappa shape index (κ2) is 6.77. The number of halogens is 1. The molecule has 1 unspecified atom stereocenters. The Labute approximate surface area is 158 Å². The summed E-state index contributed by atoms with van der Waals surface area (Å²) in [4.78, 5) is 22.5. The van der Waals surface area contributed by atoms with Crippen LogP contribution in [0.4, 0.5) is 0 Å². The van der Waals surface area contributed by atoms with Crippen LogP contribution in [0.5, 0.6) is 5.75 Å². The van der Waals surface area contributed by atoms with Crippen molar-refractivity contribution in [2.75, 3.05) is 0 Å². The zero-order valence-electron chi connectivity index (χ0n) is 13.6. The van der Waals surface area contributed by atoms with Crippen LogP contribution in [0.2, 0.25) is 0 Å². The lowest BCUT2D eigenvalue weighted by atomic mass is 9.92. The number of rotatable bonds is 3. The molecule has 0 fully saturated rings. The summed E-state index contributed by atoms with van der Waals surface area (Å²) in [6, 6.07) is 19.6.